The maximum Gasteiger partial charge on any atom is 0.673 e. The van der Waals surface area contributed by atoms with Crippen molar-refractivity contribution in [2.24, 2.45) is 0 Å². The minimum absolute atomic E-state index is 0.139. The Labute approximate surface area is 208 Å². The summed E-state index contributed by atoms with van der Waals surface area (Å²) in [6.45, 7) is 0. The van der Waals surface area contributed by atoms with Crippen LogP contribution >= 0.6 is 0 Å². The summed E-state index contributed by atoms with van der Waals surface area (Å²) in [5, 5.41) is 9.21. The molecule has 0 saturated carbocycles. The summed E-state index contributed by atoms with van der Waals surface area (Å²) in [6, 6.07) is 10.4. The fourth-order valence-electron chi connectivity index (χ4n) is 4.54. The molecule has 3 atom stereocenters. The van der Waals surface area contributed by atoms with Gasteiger partial charge < -0.3 is 46.2 Å². The molecule has 0 bridgehead atoms. The lowest BCUT2D eigenvalue weighted by molar-refractivity contribution is -0.940. The van der Waals surface area contributed by atoms with Crippen LogP contribution in [0, 0.1) is 0 Å². The van der Waals surface area contributed by atoms with Gasteiger partial charge in [-0.05, 0) is 35.4 Å². The summed E-state index contributed by atoms with van der Waals surface area (Å²) in [5.74, 6) is 2.03. The topological polar surface area (TPSA) is 78.7 Å². The molecule has 12 heteroatoms. The van der Waals surface area contributed by atoms with Gasteiger partial charge in [0.05, 0.1) is 47.9 Å². The summed E-state index contributed by atoms with van der Waals surface area (Å²) in [5.41, 5.74) is 3.52. The molecule has 0 unspecified atom stereocenters. The number of carboxylic acid groups (broad SMARTS) is 1. The van der Waals surface area contributed by atoms with Gasteiger partial charge in [-0.15, -0.1) is 0 Å². The molecular formula is C24H32BF4NO6. The van der Waals surface area contributed by atoms with Gasteiger partial charge in [0, 0.05) is 24.8 Å². The van der Waals surface area contributed by atoms with E-state index in [4.69, 9.17) is 18.9 Å². The average Bonchev–Trinajstić information content (AvgIpc) is 2.82. The van der Waals surface area contributed by atoms with Crippen molar-refractivity contribution >= 4 is 13.2 Å². The number of fused-ring (bicyclic) bond motifs is 1. The van der Waals surface area contributed by atoms with Gasteiger partial charge in [-0.25, -0.2) is 0 Å². The number of halogens is 4. The van der Waals surface area contributed by atoms with Crippen LogP contribution in [-0.2, 0) is 17.6 Å². The molecule has 0 aromatic heterocycles. The minimum atomic E-state index is -6.00. The maximum atomic E-state index is 11.2. The first kappa shape index (κ1) is 29.1. The number of likely N-dealkylation sites (N-methyl/N-ethyl adjacent to an activating group) is 1. The van der Waals surface area contributed by atoms with Gasteiger partial charge >= 0.3 is 13.2 Å². The van der Waals surface area contributed by atoms with Crippen LogP contribution in [0.4, 0.5) is 17.3 Å². The molecule has 2 aromatic rings. The molecule has 1 aliphatic heterocycles. The fraction of sp³-hybridized carbons (Fsp3) is 0.458. The van der Waals surface area contributed by atoms with E-state index in [9.17, 15) is 27.2 Å². The van der Waals surface area contributed by atoms with Crippen molar-refractivity contribution < 1.29 is 51.0 Å². The van der Waals surface area contributed by atoms with E-state index in [1.165, 1.54) is 16.0 Å². The Morgan fingerprint density at radius 3 is 2.00 bits per heavy atom. The monoisotopic (exact) mass is 517 g/mol. The Morgan fingerprint density at radius 1 is 0.944 bits per heavy atom. The van der Waals surface area contributed by atoms with Crippen LogP contribution in [0.25, 0.3) is 0 Å². The predicted molar refractivity (Wildman–Crippen MR) is 127 cm³/mol. The summed E-state index contributed by atoms with van der Waals surface area (Å²) >= 11 is 0. The molecule has 7 nitrogen and oxygen atoms in total. The van der Waals surface area contributed by atoms with Gasteiger partial charge in [-0.1, -0.05) is 6.07 Å². The van der Waals surface area contributed by atoms with Crippen LogP contribution in [0.1, 0.15) is 35.6 Å². The molecule has 200 valence electrons. The van der Waals surface area contributed by atoms with Crippen molar-refractivity contribution in [2.45, 2.75) is 37.8 Å². The van der Waals surface area contributed by atoms with E-state index in [-0.39, 0.29) is 18.5 Å². The molecule has 0 radical (unpaired) electrons. The minimum Gasteiger partial charge on any atom is -0.493 e. The maximum absolute atomic E-state index is 11.2. The number of methoxy groups -OCH3 is 4. The molecule has 0 fully saturated rings. The van der Waals surface area contributed by atoms with Crippen LogP contribution in [0.2, 0.25) is 0 Å². The highest BCUT2D eigenvalue weighted by Gasteiger charge is 2.37. The number of hydrogen-bond donors (Lipinski definition) is 2. The van der Waals surface area contributed by atoms with E-state index in [0.29, 0.717) is 29.4 Å². The van der Waals surface area contributed by atoms with E-state index in [2.05, 4.69) is 19.2 Å². The summed E-state index contributed by atoms with van der Waals surface area (Å²) < 4.78 is 60.9. The number of nitrogens with one attached hydrogen (secondary N) is 1. The average molecular weight is 517 g/mol. The SMILES string of the molecule is COc1ccc(C[C@@H]2c3cc(OC)c(OC)cc3C[C@@H](CCC(=O)O)[N@H+]2C)cc1OC.F[B-](F)(F)F. The molecule has 0 aliphatic carbocycles. The third kappa shape index (κ3) is 7.94. The molecule has 0 spiro atoms. The summed E-state index contributed by atoms with van der Waals surface area (Å²) in [4.78, 5) is 12.5. The zero-order valence-electron chi connectivity index (χ0n) is 20.9. The van der Waals surface area contributed by atoms with Crippen LogP contribution in [0.15, 0.2) is 30.3 Å². The number of rotatable bonds is 9. The third-order valence-electron chi connectivity index (χ3n) is 6.28. The molecule has 36 heavy (non-hydrogen) atoms. The first-order valence-corrected chi connectivity index (χ1v) is 11.3. The number of carbonyl (C=O) groups is 1. The van der Waals surface area contributed by atoms with Crippen LogP contribution < -0.4 is 23.8 Å². The van der Waals surface area contributed by atoms with Crippen molar-refractivity contribution in [1.29, 1.82) is 0 Å². The molecule has 3 rings (SSSR count). The lowest BCUT2D eigenvalue weighted by Crippen LogP contribution is -3.14. The van der Waals surface area contributed by atoms with Gasteiger partial charge in [-0.3, -0.25) is 4.79 Å². The van der Waals surface area contributed by atoms with E-state index in [0.717, 1.165) is 18.4 Å². The molecular weight excluding hydrogens is 485 g/mol. The second-order valence-electron chi connectivity index (χ2n) is 8.42. The lowest BCUT2D eigenvalue weighted by atomic mass is 9.84. The van der Waals surface area contributed by atoms with Crippen LogP contribution in [0.3, 0.4) is 0 Å². The molecule has 2 aromatic carbocycles. The van der Waals surface area contributed by atoms with Crippen LogP contribution in [-0.4, -0.2) is 59.9 Å². The Hall–Kier alpha value is -3.15. The Kier molecular flexibility index (Phi) is 10.3. The predicted octanol–water partition coefficient (Wildman–Crippen LogP) is 3.61. The highest BCUT2D eigenvalue weighted by Crippen LogP contribution is 2.37. The number of hydrogen-bond acceptors (Lipinski definition) is 5. The van der Waals surface area contributed by atoms with Crippen molar-refractivity contribution in [2.75, 3.05) is 35.5 Å². The fourth-order valence-corrected chi connectivity index (χ4v) is 4.54. The van der Waals surface area contributed by atoms with Gasteiger partial charge in [0.25, 0.3) is 0 Å². The highest BCUT2D eigenvalue weighted by atomic mass is 19.5. The number of carboxylic acids is 1. The van der Waals surface area contributed by atoms with Crippen molar-refractivity contribution in [3.05, 3.63) is 47.0 Å². The van der Waals surface area contributed by atoms with Crippen molar-refractivity contribution in [3.8, 4) is 23.0 Å². The standard InChI is InChI=1S/C24H31NO6.BF4/c1-25-17(7-9-24(26)27)12-16-13-22(30-4)23(31-5)14-18(16)19(25)10-15-6-8-20(28-2)21(11-15)29-3;2-1(3,4)5/h6,8,11,13-14,17,19H,7,9-10,12H2,1-5H3,(H,26,27);/q;-1/p+1/t17-,19-;/m1./s1. The second-order valence-corrected chi connectivity index (χ2v) is 8.42. The zero-order chi connectivity index (χ0) is 27.0. The van der Waals surface area contributed by atoms with Gasteiger partial charge in [0.2, 0.25) is 0 Å². The van der Waals surface area contributed by atoms with Crippen LogP contribution in [0.5, 0.6) is 23.0 Å². The van der Waals surface area contributed by atoms with Gasteiger partial charge in [0.15, 0.2) is 23.0 Å². The van der Waals surface area contributed by atoms with Crippen molar-refractivity contribution in [1.82, 2.24) is 0 Å². The molecule has 0 amide bonds. The third-order valence-corrected chi connectivity index (χ3v) is 6.28. The van der Waals surface area contributed by atoms with E-state index in [1.807, 2.05) is 18.2 Å². The summed E-state index contributed by atoms with van der Waals surface area (Å²) in [6.07, 6.45) is 2.36. The van der Waals surface area contributed by atoms with E-state index >= 15 is 0 Å². The van der Waals surface area contributed by atoms with Crippen molar-refractivity contribution in [3.63, 3.8) is 0 Å². The second kappa shape index (κ2) is 12.7. The molecule has 1 heterocycles. The largest absolute Gasteiger partial charge is 0.673 e. The Morgan fingerprint density at radius 2 is 1.47 bits per heavy atom. The number of quaternary nitrogens is 1. The normalized spacial score (nSPS) is 18.9. The van der Waals surface area contributed by atoms with Gasteiger partial charge in [0.1, 0.15) is 6.04 Å². The quantitative estimate of drug-likeness (QED) is 0.391. The first-order valence-electron chi connectivity index (χ1n) is 11.3. The van der Waals surface area contributed by atoms with E-state index in [1.54, 1.807) is 28.4 Å². The highest BCUT2D eigenvalue weighted by molar-refractivity contribution is 6.50. The first-order chi connectivity index (χ1) is 16.9. The number of ether oxygens (including phenoxy) is 4. The Balaban J connectivity index is 0.000000830. The number of benzene rings is 2. The molecule has 0 saturated heterocycles. The van der Waals surface area contributed by atoms with Gasteiger partial charge in [-0.2, -0.15) is 0 Å². The van der Waals surface area contributed by atoms with E-state index < -0.39 is 13.2 Å². The zero-order valence-corrected chi connectivity index (χ0v) is 20.9. The summed E-state index contributed by atoms with van der Waals surface area (Å²) in [7, 11) is 2.68. The number of aliphatic carboxylic acids is 1. The molecule has 2 N–H and O–H groups in total. The molecule has 1 aliphatic rings. The lowest BCUT2D eigenvalue weighted by Gasteiger charge is -2.38. The smallest absolute Gasteiger partial charge is 0.493 e. The Bertz CT molecular complexity index is 1030.